The van der Waals surface area contributed by atoms with Crippen LogP contribution in [0.2, 0.25) is 0 Å². The van der Waals surface area contributed by atoms with Crippen molar-refractivity contribution in [2.45, 2.75) is 25.7 Å². The van der Waals surface area contributed by atoms with Crippen molar-refractivity contribution in [2.24, 2.45) is 5.73 Å². The maximum absolute atomic E-state index is 9.93. The summed E-state index contributed by atoms with van der Waals surface area (Å²) in [6.45, 7) is 1.86. The van der Waals surface area contributed by atoms with E-state index in [1.54, 1.807) is 0 Å². The SMILES string of the molecule is NCCCCCC(=O)O.O=C1NCCO1. The third-order valence-corrected chi connectivity index (χ3v) is 1.70. The molecule has 1 saturated heterocycles. The highest BCUT2D eigenvalue weighted by molar-refractivity contribution is 5.68. The topological polar surface area (TPSA) is 102 Å². The number of carbonyl (C=O) groups is 2. The van der Waals surface area contributed by atoms with Crippen LogP contribution >= 0.6 is 0 Å². The van der Waals surface area contributed by atoms with E-state index in [1.165, 1.54) is 0 Å². The first-order valence-corrected chi connectivity index (χ1v) is 4.99. The monoisotopic (exact) mass is 218 g/mol. The fourth-order valence-corrected chi connectivity index (χ4v) is 0.945. The summed E-state index contributed by atoms with van der Waals surface area (Å²) in [6.07, 6.45) is 2.61. The first-order chi connectivity index (χ1) is 7.16. The van der Waals surface area contributed by atoms with Crippen LogP contribution in [0.25, 0.3) is 0 Å². The summed E-state index contributed by atoms with van der Waals surface area (Å²) >= 11 is 0. The van der Waals surface area contributed by atoms with Gasteiger partial charge in [0.25, 0.3) is 0 Å². The number of unbranched alkanes of at least 4 members (excludes halogenated alkanes) is 2. The zero-order valence-electron chi connectivity index (χ0n) is 8.70. The van der Waals surface area contributed by atoms with Crippen LogP contribution in [0.1, 0.15) is 25.7 Å². The van der Waals surface area contributed by atoms with E-state index in [2.05, 4.69) is 10.1 Å². The van der Waals surface area contributed by atoms with Crippen LogP contribution in [0.4, 0.5) is 4.79 Å². The molecule has 0 unspecified atom stereocenters. The fraction of sp³-hybridized carbons (Fsp3) is 0.778. The van der Waals surface area contributed by atoms with Gasteiger partial charge in [-0.05, 0) is 19.4 Å². The average Bonchev–Trinajstić information content (AvgIpc) is 2.65. The second-order valence-electron chi connectivity index (χ2n) is 3.06. The number of carboxylic acid groups (broad SMARTS) is 1. The average molecular weight is 218 g/mol. The lowest BCUT2D eigenvalue weighted by molar-refractivity contribution is -0.137. The standard InChI is InChI=1S/C6H13NO2.C3H5NO2/c7-5-3-1-2-4-6(8)9;5-3-4-1-2-6-3/h1-5,7H2,(H,8,9);1-2H2,(H,4,5). The third-order valence-electron chi connectivity index (χ3n) is 1.70. The van der Waals surface area contributed by atoms with E-state index in [9.17, 15) is 9.59 Å². The molecule has 1 aliphatic heterocycles. The molecule has 6 heteroatoms. The summed E-state index contributed by atoms with van der Waals surface area (Å²) in [4.78, 5) is 19.8. The largest absolute Gasteiger partial charge is 0.481 e. The highest BCUT2D eigenvalue weighted by atomic mass is 16.6. The number of alkyl carbamates (subject to hydrolysis) is 1. The predicted molar refractivity (Wildman–Crippen MR) is 54.5 cm³/mol. The number of carbonyl (C=O) groups excluding carboxylic acids is 1. The van der Waals surface area contributed by atoms with Gasteiger partial charge in [0.1, 0.15) is 6.61 Å². The van der Waals surface area contributed by atoms with Gasteiger partial charge in [0.15, 0.2) is 0 Å². The van der Waals surface area contributed by atoms with Crippen LogP contribution < -0.4 is 11.1 Å². The normalized spacial score (nSPS) is 13.5. The Balaban J connectivity index is 0.000000280. The molecule has 1 aliphatic rings. The van der Waals surface area contributed by atoms with Gasteiger partial charge in [-0.1, -0.05) is 6.42 Å². The second kappa shape index (κ2) is 9.26. The maximum Gasteiger partial charge on any atom is 0.407 e. The minimum absolute atomic E-state index is 0.278. The molecule has 0 saturated carbocycles. The molecule has 0 aromatic heterocycles. The lowest BCUT2D eigenvalue weighted by atomic mass is 10.2. The molecular weight excluding hydrogens is 200 g/mol. The molecule has 0 spiro atoms. The number of cyclic esters (lactones) is 1. The molecule has 0 radical (unpaired) electrons. The number of amides is 1. The van der Waals surface area contributed by atoms with E-state index < -0.39 is 5.97 Å². The summed E-state index contributed by atoms with van der Waals surface area (Å²) in [5.41, 5.74) is 5.20. The molecule has 0 aromatic carbocycles. The molecule has 0 aromatic rings. The summed E-state index contributed by atoms with van der Waals surface area (Å²) in [6, 6.07) is 0. The maximum atomic E-state index is 9.93. The Labute approximate surface area is 88.8 Å². The highest BCUT2D eigenvalue weighted by Crippen LogP contribution is 1.97. The molecular formula is C9H18N2O4. The molecule has 1 amide bonds. The summed E-state index contributed by atoms with van der Waals surface area (Å²) < 4.78 is 4.40. The highest BCUT2D eigenvalue weighted by Gasteiger charge is 2.06. The number of ether oxygens (including phenoxy) is 1. The minimum atomic E-state index is -0.716. The Kier molecular flexibility index (Phi) is 8.46. The quantitative estimate of drug-likeness (QED) is 0.577. The van der Waals surface area contributed by atoms with Crippen molar-refractivity contribution in [3.05, 3.63) is 0 Å². The Morgan fingerprint density at radius 1 is 1.47 bits per heavy atom. The summed E-state index contributed by atoms with van der Waals surface area (Å²) in [5, 5.41) is 10.6. The van der Waals surface area contributed by atoms with Crippen LogP contribution in [0.3, 0.4) is 0 Å². The number of nitrogens with two attached hydrogens (primary N) is 1. The van der Waals surface area contributed by atoms with Crippen LogP contribution in [0.15, 0.2) is 0 Å². The molecule has 1 rings (SSSR count). The van der Waals surface area contributed by atoms with Crippen molar-refractivity contribution in [3.63, 3.8) is 0 Å². The van der Waals surface area contributed by atoms with E-state index >= 15 is 0 Å². The summed E-state index contributed by atoms with van der Waals surface area (Å²) in [7, 11) is 0. The minimum Gasteiger partial charge on any atom is -0.481 e. The van der Waals surface area contributed by atoms with Gasteiger partial charge in [0.2, 0.25) is 0 Å². The van der Waals surface area contributed by atoms with Gasteiger partial charge >= 0.3 is 12.1 Å². The molecule has 88 valence electrons. The Morgan fingerprint density at radius 3 is 2.53 bits per heavy atom. The van der Waals surface area contributed by atoms with Crippen molar-refractivity contribution >= 4 is 12.1 Å². The van der Waals surface area contributed by atoms with Gasteiger partial charge in [-0.25, -0.2) is 4.79 Å². The lowest BCUT2D eigenvalue weighted by Gasteiger charge is -1.93. The Morgan fingerprint density at radius 2 is 2.20 bits per heavy atom. The molecule has 4 N–H and O–H groups in total. The second-order valence-corrected chi connectivity index (χ2v) is 3.06. The number of aliphatic carboxylic acids is 1. The van der Waals surface area contributed by atoms with E-state index in [0.29, 0.717) is 19.7 Å². The van der Waals surface area contributed by atoms with Crippen LogP contribution in [-0.4, -0.2) is 36.9 Å². The number of hydrogen-bond acceptors (Lipinski definition) is 4. The van der Waals surface area contributed by atoms with Crippen LogP contribution in [0.5, 0.6) is 0 Å². The van der Waals surface area contributed by atoms with Gasteiger partial charge in [0.05, 0.1) is 6.54 Å². The van der Waals surface area contributed by atoms with E-state index in [1.807, 2.05) is 0 Å². The van der Waals surface area contributed by atoms with Gasteiger partial charge in [-0.15, -0.1) is 0 Å². The first-order valence-electron chi connectivity index (χ1n) is 4.99. The Bertz CT molecular complexity index is 189. The lowest BCUT2D eigenvalue weighted by Crippen LogP contribution is -2.11. The molecule has 0 aliphatic carbocycles. The smallest absolute Gasteiger partial charge is 0.407 e. The van der Waals surface area contributed by atoms with Crippen LogP contribution in [-0.2, 0) is 9.53 Å². The number of nitrogens with one attached hydrogen (secondary N) is 1. The van der Waals surface area contributed by atoms with Crippen molar-refractivity contribution in [2.75, 3.05) is 19.7 Å². The molecule has 15 heavy (non-hydrogen) atoms. The third kappa shape index (κ3) is 10.6. The van der Waals surface area contributed by atoms with Gasteiger partial charge in [-0.2, -0.15) is 0 Å². The molecule has 1 heterocycles. The molecule has 0 bridgehead atoms. The van der Waals surface area contributed by atoms with Crippen LogP contribution in [0, 0.1) is 0 Å². The van der Waals surface area contributed by atoms with Crippen molar-refractivity contribution < 1.29 is 19.4 Å². The van der Waals surface area contributed by atoms with Crippen molar-refractivity contribution in [3.8, 4) is 0 Å². The molecule has 6 nitrogen and oxygen atoms in total. The zero-order valence-corrected chi connectivity index (χ0v) is 8.70. The predicted octanol–water partition coefficient (Wildman–Crippen LogP) is 0.316. The Hall–Kier alpha value is -1.30. The number of carboxylic acids is 1. The summed E-state index contributed by atoms with van der Waals surface area (Å²) in [5.74, 6) is -0.716. The van der Waals surface area contributed by atoms with Crippen molar-refractivity contribution in [1.29, 1.82) is 0 Å². The van der Waals surface area contributed by atoms with E-state index in [-0.39, 0.29) is 12.5 Å². The first kappa shape index (κ1) is 13.7. The molecule has 1 fully saturated rings. The van der Waals surface area contributed by atoms with Crippen molar-refractivity contribution in [1.82, 2.24) is 5.32 Å². The number of hydrogen-bond donors (Lipinski definition) is 3. The fourth-order valence-electron chi connectivity index (χ4n) is 0.945. The van der Waals surface area contributed by atoms with Gasteiger partial charge in [0, 0.05) is 6.42 Å². The van der Waals surface area contributed by atoms with E-state index in [0.717, 1.165) is 19.3 Å². The van der Waals surface area contributed by atoms with Gasteiger partial charge in [-0.3, -0.25) is 4.79 Å². The molecule has 0 atom stereocenters. The number of rotatable bonds is 5. The van der Waals surface area contributed by atoms with E-state index in [4.69, 9.17) is 10.8 Å². The zero-order chi connectivity index (χ0) is 11.5. The van der Waals surface area contributed by atoms with Gasteiger partial charge < -0.3 is 20.9 Å².